The molecule has 0 aliphatic carbocycles. The Labute approximate surface area is 169 Å². The molecule has 3 aromatic rings. The van der Waals surface area contributed by atoms with Gasteiger partial charge in [-0.05, 0) is 56.0 Å². The van der Waals surface area contributed by atoms with Gasteiger partial charge in [-0.25, -0.2) is 4.79 Å². The van der Waals surface area contributed by atoms with E-state index in [4.69, 9.17) is 4.74 Å². The van der Waals surface area contributed by atoms with E-state index in [1.165, 1.54) is 16.9 Å². The van der Waals surface area contributed by atoms with Crippen LogP contribution in [0, 0.1) is 20.8 Å². The fraction of sp³-hybridized carbons (Fsp3) is 0.217. The van der Waals surface area contributed by atoms with Crippen molar-refractivity contribution >= 4 is 28.2 Å². The molecule has 144 valence electrons. The zero-order valence-corrected chi connectivity index (χ0v) is 17.3. The van der Waals surface area contributed by atoms with Crippen LogP contribution in [0.5, 0.6) is 0 Å². The first kappa shape index (κ1) is 19.8. The summed E-state index contributed by atoms with van der Waals surface area (Å²) in [6.07, 6.45) is 0. The number of esters is 1. The van der Waals surface area contributed by atoms with Gasteiger partial charge in [0.15, 0.2) is 0 Å². The number of hydrogen-bond donors (Lipinski definition) is 1. The third kappa shape index (κ3) is 3.99. The van der Waals surface area contributed by atoms with E-state index in [-0.39, 0.29) is 12.5 Å². The lowest BCUT2D eigenvalue weighted by molar-refractivity contribution is 0.0529. The van der Waals surface area contributed by atoms with Crippen LogP contribution in [0.4, 0.5) is 5.00 Å². The molecule has 0 saturated heterocycles. The number of thiophene rings is 1. The topological polar surface area (TPSA) is 55.4 Å². The van der Waals surface area contributed by atoms with Gasteiger partial charge in [-0.2, -0.15) is 0 Å². The lowest BCUT2D eigenvalue weighted by Gasteiger charge is -2.10. The van der Waals surface area contributed by atoms with Crippen molar-refractivity contribution in [1.29, 1.82) is 0 Å². The van der Waals surface area contributed by atoms with Gasteiger partial charge >= 0.3 is 5.97 Å². The fourth-order valence-corrected chi connectivity index (χ4v) is 3.93. The van der Waals surface area contributed by atoms with Gasteiger partial charge < -0.3 is 10.1 Å². The van der Waals surface area contributed by atoms with Crippen molar-refractivity contribution in [1.82, 2.24) is 0 Å². The number of benzene rings is 2. The molecule has 1 heterocycles. The van der Waals surface area contributed by atoms with Crippen LogP contribution in [0.3, 0.4) is 0 Å². The third-order valence-electron chi connectivity index (χ3n) is 4.71. The van der Waals surface area contributed by atoms with Crippen LogP contribution in [-0.2, 0) is 4.74 Å². The average molecular weight is 394 g/mol. The SMILES string of the molecule is CCOC(=O)c1c(-c2ccc(C)c(C)c2)csc1NC(=O)c1ccccc1C. The lowest BCUT2D eigenvalue weighted by atomic mass is 9.99. The molecule has 5 heteroatoms. The molecule has 0 radical (unpaired) electrons. The number of nitrogens with one attached hydrogen (secondary N) is 1. The molecule has 1 amide bonds. The van der Waals surface area contributed by atoms with E-state index in [0.29, 0.717) is 16.1 Å². The summed E-state index contributed by atoms with van der Waals surface area (Å²) < 4.78 is 5.27. The smallest absolute Gasteiger partial charge is 0.341 e. The number of carbonyl (C=O) groups excluding carboxylic acids is 2. The summed E-state index contributed by atoms with van der Waals surface area (Å²) in [7, 11) is 0. The second-order valence-corrected chi connectivity index (χ2v) is 7.52. The number of aryl methyl sites for hydroxylation is 3. The molecule has 3 rings (SSSR count). The monoisotopic (exact) mass is 393 g/mol. The maximum Gasteiger partial charge on any atom is 0.341 e. The van der Waals surface area contributed by atoms with Crippen molar-refractivity contribution in [2.75, 3.05) is 11.9 Å². The van der Waals surface area contributed by atoms with E-state index in [2.05, 4.69) is 5.32 Å². The van der Waals surface area contributed by atoms with Crippen LogP contribution in [0.1, 0.15) is 44.3 Å². The van der Waals surface area contributed by atoms with Crippen LogP contribution < -0.4 is 5.32 Å². The lowest BCUT2D eigenvalue weighted by Crippen LogP contribution is -2.15. The minimum atomic E-state index is -0.433. The van der Waals surface area contributed by atoms with Crippen LogP contribution >= 0.6 is 11.3 Å². The highest BCUT2D eigenvalue weighted by Gasteiger charge is 2.23. The second-order valence-electron chi connectivity index (χ2n) is 6.64. The summed E-state index contributed by atoms with van der Waals surface area (Å²) in [6.45, 7) is 8.01. The second kappa shape index (κ2) is 8.40. The minimum Gasteiger partial charge on any atom is -0.462 e. The Morgan fingerprint density at radius 1 is 1.00 bits per heavy atom. The molecule has 0 fully saturated rings. The first-order chi connectivity index (χ1) is 13.4. The number of anilines is 1. The molecule has 0 saturated carbocycles. The van der Waals surface area contributed by atoms with Crippen molar-refractivity contribution in [3.05, 3.63) is 75.7 Å². The third-order valence-corrected chi connectivity index (χ3v) is 5.60. The van der Waals surface area contributed by atoms with E-state index >= 15 is 0 Å². The van der Waals surface area contributed by atoms with Crippen molar-refractivity contribution in [2.24, 2.45) is 0 Å². The first-order valence-corrected chi connectivity index (χ1v) is 10.0. The molecular weight excluding hydrogens is 370 g/mol. The van der Waals surface area contributed by atoms with E-state index < -0.39 is 5.97 Å². The normalized spacial score (nSPS) is 10.6. The molecule has 0 spiro atoms. The van der Waals surface area contributed by atoms with Crippen LogP contribution in [-0.4, -0.2) is 18.5 Å². The standard InChI is InChI=1S/C23H23NO3S/c1-5-27-23(26)20-19(17-11-10-14(2)16(4)12-17)13-28-22(20)24-21(25)18-9-7-6-8-15(18)3/h6-13H,5H2,1-4H3,(H,24,25). The van der Waals surface area contributed by atoms with Gasteiger partial charge in [0.25, 0.3) is 5.91 Å². The molecule has 0 aliphatic rings. The first-order valence-electron chi connectivity index (χ1n) is 9.15. The zero-order chi connectivity index (χ0) is 20.3. The quantitative estimate of drug-likeness (QED) is 0.560. The van der Waals surface area contributed by atoms with Gasteiger partial charge in [-0.1, -0.05) is 36.4 Å². The van der Waals surface area contributed by atoms with E-state index in [0.717, 1.165) is 22.3 Å². The summed E-state index contributed by atoms with van der Waals surface area (Å²) in [5, 5.41) is 5.29. The van der Waals surface area contributed by atoms with E-state index in [1.807, 2.05) is 62.5 Å². The molecule has 28 heavy (non-hydrogen) atoms. The van der Waals surface area contributed by atoms with Crippen molar-refractivity contribution in [3.8, 4) is 11.1 Å². The Bertz CT molecular complexity index is 1040. The van der Waals surface area contributed by atoms with Crippen molar-refractivity contribution < 1.29 is 14.3 Å². The summed E-state index contributed by atoms with van der Waals surface area (Å²) >= 11 is 1.33. The summed E-state index contributed by atoms with van der Waals surface area (Å²) in [5.74, 6) is -0.672. The van der Waals surface area contributed by atoms with Gasteiger partial charge in [0.2, 0.25) is 0 Å². The number of carbonyl (C=O) groups is 2. The summed E-state index contributed by atoms with van der Waals surface area (Å²) in [6, 6.07) is 13.4. The summed E-state index contributed by atoms with van der Waals surface area (Å²) in [5.41, 5.74) is 5.89. The molecule has 0 unspecified atom stereocenters. The zero-order valence-electron chi connectivity index (χ0n) is 16.5. The molecular formula is C23H23NO3S. The van der Waals surface area contributed by atoms with Crippen LogP contribution in [0.2, 0.25) is 0 Å². The Morgan fingerprint density at radius 2 is 1.75 bits per heavy atom. The van der Waals surface area contributed by atoms with Crippen molar-refractivity contribution in [3.63, 3.8) is 0 Å². The molecule has 1 N–H and O–H groups in total. The summed E-state index contributed by atoms with van der Waals surface area (Å²) in [4.78, 5) is 25.4. The van der Waals surface area contributed by atoms with Gasteiger partial charge in [-0.3, -0.25) is 4.79 Å². The Kier molecular flexibility index (Phi) is 5.95. The highest BCUT2D eigenvalue weighted by Crippen LogP contribution is 2.37. The number of amides is 1. The largest absolute Gasteiger partial charge is 0.462 e. The predicted octanol–water partition coefficient (Wildman–Crippen LogP) is 5.77. The molecule has 1 aromatic heterocycles. The molecule has 2 aromatic carbocycles. The van der Waals surface area contributed by atoms with Crippen LogP contribution in [0.25, 0.3) is 11.1 Å². The molecule has 0 aliphatic heterocycles. The average Bonchev–Trinajstić information content (AvgIpc) is 3.08. The van der Waals surface area contributed by atoms with E-state index in [1.54, 1.807) is 13.0 Å². The molecule has 4 nitrogen and oxygen atoms in total. The predicted molar refractivity (Wildman–Crippen MR) is 114 cm³/mol. The van der Waals surface area contributed by atoms with Gasteiger partial charge in [0.1, 0.15) is 10.6 Å². The molecule has 0 bridgehead atoms. The minimum absolute atomic E-state index is 0.239. The maximum absolute atomic E-state index is 12.8. The molecule has 0 atom stereocenters. The van der Waals surface area contributed by atoms with Gasteiger partial charge in [0.05, 0.1) is 6.61 Å². The number of rotatable bonds is 5. The van der Waals surface area contributed by atoms with Gasteiger partial charge in [0, 0.05) is 16.5 Å². The Hall–Kier alpha value is -2.92. The Morgan fingerprint density at radius 3 is 2.43 bits per heavy atom. The van der Waals surface area contributed by atoms with Crippen LogP contribution in [0.15, 0.2) is 47.8 Å². The van der Waals surface area contributed by atoms with E-state index in [9.17, 15) is 9.59 Å². The number of hydrogen-bond acceptors (Lipinski definition) is 4. The number of ether oxygens (including phenoxy) is 1. The van der Waals surface area contributed by atoms with Gasteiger partial charge in [-0.15, -0.1) is 11.3 Å². The Balaban J connectivity index is 2.03. The highest BCUT2D eigenvalue weighted by atomic mass is 32.1. The fourth-order valence-electron chi connectivity index (χ4n) is 2.98. The van der Waals surface area contributed by atoms with Crippen molar-refractivity contribution in [2.45, 2.75) is 27.7 Å². The maximum atomic E-state index is 12.8. The highest BCUT2D eigenvalue weighted by molar-refractivity contribution is 7.15.